The number of hydrogen-bond donors (Lipinski definition) is 0. The summed E-state index contributed by atoms with van der Waals surface area (Å²) < 4.78 is 0. The molecule has 0 aliphatic heterocycles. The summed E-state index contributed by atoms with van der Waals surface area (Å²) in [5, 5.41) is 21.3. The van der Waals surface area contributed by atoms with Crippen LogP contribution in [0.1, 0.15) is 118 Å². The van der Waals surface area contributed by atoms with E-state index in [1.54, 1.807) is 0 Å². The first-order valence-corrected chi connectivity index (χ1v) is 10.9. The number of carbonyl (C=O) groups is 2. The van der Waals surface area contributed by atoms with Crippen molar-refractivity contribution in [3.8, 4) is 0 Å². The fourth-order valence-corrected chi connectivity index (χ4v) is 3.09. The van der Waals surface area contributed by atoms with Crippen LogP contribution in [0.3, 0.4) is 0 Å². The molecule has 0 aromatic carbocycles. The monoisotopic (exact) mass is 410 g/mol. The Morgan fingerprint density at radius 3 is 1.11 bits per heavy atom. The number of carboxylic acids is 2. The summed E-state index contributed by atoms with van der Waals surface area (Å²) in [6.07, 6.45) is 14.2. The number of carboxylic acid groups (broad SMARTS) is 2. The van der Waals surface area contributed by atoms with Crippen molar-refractivity contribution in [3.05, 3.63) is 0 Å². The molecule has 0 heterocycles. The van der Waals surface area contributed by atoms with Crippen LogP contribution >= 0.6 is 0 Å². The second kappa shape index (κ2) is 24.2. The van der Waals surface area contributed by atoms with Crippen LogP contribution in [0.5, 0.6) is 0 Å². The molecule has 27 heavy (non-hydrogen) atoms. The van der Waals surface area contributed by atoms with Gasteiger partial charge in [-0.15, -0.1) is 0 Å². The number of carbonyl (C=O) groups excluding carboxylic acids is 2. The van der Waals surface area contributed by atoms with Gasteiger partial charge in [0.15, 0.2) is 0 Å². The average molecular weight is 411 g/mol. The SMILES string of the molecule is CCCCCC[C@@H](CCC)C(=O)[O-].CCCCCC[C@H](CCC)C(=O)[O-].[Ca+2]. The van der Waals surface area contributed by atoms with Gasteiger partial charge in [0.1, 0.15) is 0 Å². The van der Waals surface area contributed by atoms with Gasteiger partial charge in [0.25, 0.3) is 0 Å². The molecule has 156 valence electrons. The first-order valence-electron chi connectivity index (χ1n) is 10.9. The molecule has 0 unspecified atom stereocenters. The largest absolute Gasteiger partial charge is 2.00 e. The molecule has 0 radical (unpaired) electrons. The topological polar surface area (TPSA) is 80.3 Å². The molecule has 0 aromatic rings. The maximum atomic E-state index is 10.6. The molecule has 5 heteroatoms. The summed E-state index contributed by atoms with van der Waals surface area (Å²) >= 11 is 0. The van der Waals surface area contributed by atoms with Crippen LogP contribution in [0.25, 0.3) is 0 Å². The Morgan fingerprint density at radius 1 is 0.556 bits per heavy atom. The average Bonchev–Trinajstić information content (AvgIpc) is 2.60. The van der Waals surface area contributed by atoms with Crippen molar-refractivity contribution in [1.29, 1.82) is 0 Å². The Balaban J connectivity index is -0.000000411. The van der Waals surface area contributed by atoms with E-state index in [0.29, 0.717) is 0 Å². The third-order valence-corrected chi connectivity index (χ3v) is 4.75. The molecule has 0 aliphatic carbocycles. The Labute approximate surface area is 197 Å². The molecule has 0 bridgehead atoms. The first kappa shape index (κ1) is 31.9. The minimum atomic E-state index is -0.863. The Kier molecular flexibility index (Phi) is 28.6. The van der Waals surface area contributed by atoms with Crippen LogP contribution in [0, 0.1) is 11.8 Å². The quantitative estimate of drug-likeness (QED) is 0.286. The molecule has 0 amide bonds. The second-order valence-electron chi connectivity index (χ2n) is 7.31. The smallest absolute Gasteiger partial charge is 0.550 e. The van der Waals surface area contributed by atoms with E-state index in [-0.39, 0.29) is 49.6 Å². The van der Waals surface area contributed by atoms with Crippen LogP contribution in [0.4, 0.5) is 0 Å². The van der Waals surface area contributed by atoms with Gasteiger partial charge in [0, 0.05) is 11.9 Å². The van der Waals surface area contributed by atoms with E-state index in [9.17, 15) is 19.8 Å². The van der Waals surface area contributed by atoms with Crippen molar-refractivity contribution < 1.29 is 19.8 Å². The van der Waals surface area contributed by atoms with Gasteiger partial charge < -0.3 is 19.8 Å². The van der Waals surface area contributed by atoms with E-state index in [0.717, 1.165) is 64.2 Å². The maximum Gasteiger partial charge on any atom is 2.00 e. The molecule has 0 fully saturated rings. The Bertz CT molecular complexity index is 302. The molecule has 2 atom stereocenters. The molecule has 0 saturated heterocycles. The molecular formula is C22H42CaO4. The summed E-state index contributed by atoms with van der Waals surface area (Å²) in [7, 11) is 0. The second-order valence-corrected chi connectivity index (χ2v) is 7.31. The summed E-state index contributed by atoms with van der Waals surface area (Å²) in [4.78, 5) is 21.3. The Hall–Kier alpha value is 0.200. The fourth-order valence-electron chi connectivity index (χ4n) is 3.09. The van der Waals surface area contributed by atoms with Gasteiger partial charge in [-0.3, -0.25) is 0 Å². The maximum absolute atomic E-state index is 10.6. The third kappa shape index (κ3) is 22.4. The van der Waals surface area contributed by atoms with E-state index < -0.39 is 11.9 Å². The van der Waals surface area contributed by atoms with Crippen molar-refractivity contribution >= 4 is 49.7 Å². The van der Waals surface area contributed by atoms with E-state index in [1.165, 1.54) is 25.7 Å². The normalized spacial score (nSPS) is 12.3. The molecule has 0 aliphatic rings. The molecular weight excluding hydrogens is 368 g/mol. The summed E-state index contributed by atoms with van der Waals surface area (Å²) in [5.74, 6) is -2.14. The third-order valence-electron chi connectivity index (χ3n) is 4.75. The minimum Gasteiger partial charge on any atom is -0.550 e. The summed E-state index contributed by atoms with van der Waals surface area (Å²) in [6, 6.07) is 0. The van der Waals surface area contributed by atoms with Crippen molar-refractivity contribution in [3.63, 3.8) is 0 Å². The van der Waals surface area contributed by atoms with Crippen LogP contribution in [-0.2, 0) is 9.59 Å². The number of aliphatic carboxylic acids is 2. The minimum absolute atomic E-state index is 0. The predicted molar refractivity (Wildman–Crippen MR) is 110 cm³/mol. The van der Waals surface area contributed by atoms with E-state index in [4.69, 9.17) is 0 Å². The fraction of sp³-hybridized carbons (Fsp3) is 0.909. The van der Waals surface area contributed by atoms with Gasteiger partial charge in [0.05, 0.1) is 0 Å². The van der Waals surface area contributed by atoms with Gasteiger partial charge in [0.2, 0.25) is 0 Å². The van der Waals surface area contributed by atoms with E-state index >= 15 is 0 Å². The van der Waals surface area contributed by atoms with Crippen LogP contribution in [0.2, 0.25) is 0 Å². The molecule has 0 saturated carbocycles. The zero-order chi connectivity index (χ0) is 20.2. The predicted octanol–water partition coefficient (Wildman–Crippen LogP) is 3.87. The molecule has 0 spiro atoms. The number of rotatable bonds is 16. The van der Waals surface area contributed by atoms with Crippen LogP contribution in [0.15, 0.2) is 0 Å². The van der Waals surface area contributed by atoms with Crippen molar-refractivity contribution in [1.82, 2.24) is 0 Å². The molecule has 0 rings (SSSR count). The van der Waals surface area contributed by atoms with Gasteiger partial charge in [-0.2, -0.15) is 0 Å². The van der Waals surface area contributed by atoms with E-state index in [1.807, 2.05) is 13.8 Å². The van der Waals surface area contributed by atoms with Gasteiger partial charge in [-0.25, -0.2) is 0 Å². The van der Waals surface area contributed by atoms with Crippen LogP contribution < -0.4 is 10.2 Å². The summed E-state index contributed by atoms with van der Waals surface area (Å²) in [5.41, 5.74) is 0. The summed E-state index contributed by atoms with van der Waals surface area (Å²) in [6.45, 7) is 8.34. The number of hydrogen-bond acceptors (Lipinski definition) is 4. The van der Waals surface area contributed by atoms with Gasteiger partial charge in [-0.05, 0) is 37.5 Å². The van der Waals surface area contributed by atoms with Crippen molar-refractivity contribution in [2.45, 2.75) is 118 Å². The zero-order valence-corrected chi connectivity index (χ0v) is 20.6. The molecule has 0 N–H and O–H groups in total. The molecule has 0 aromatic heterocycles. The first-order chi connectivity index (χ1) is 12.4. The Morgan fingerprint density at radius 2 is 0.889 bits per heavy atom. The van der Waals surface area contributed by atoms with Gasteiger partial charge >= 0.3 is 37.7 Å². The molecule has 4 nitrogen and oxygen atoms in total. The van der Waals surface area contributed by atoms with Crippen LogP contribution in [-0.4, -0.2) is 49.7 Å². The standard InChI is InChI=1S/2C11H22O2.Ca/c2*1-3-5-6-7-9-10(8-4-2)11(12)13;/h2*10H,3-9H2,1-2H3,(H,12,13);/q;;+2/p-2/t2*10-;/m10./s1. The number of unbranched alkanes of at least 4 members (excludes halogenated alkanes) is 6. The zero-order valence-electron chi connectivity index (χ0n) is 18.4. The van der Waals surface area contributed by atoms with E-state index in [2.05, 4.69) is 13.8 Å². The van der Waals surface area contributed by atoms with Crippen molar-refractivity contribution in [2.24, 2.45) is 11.8 Å². The van der Waals surface area contributed by atoms with Gasteiger partial charge in [-0.1, -0.05) is 91.9 Å². The van der Waals surface area contributed by atoms with Crippen molar-refractivity contribution in [2.75, 3.05) is 0 Å².